The maximum atomic E-state index is 13.0. The third kappa shape index (κ3) is 3.94. The van der Waals surface area contributed by atoms with Crippen LogP contribution in [0.1, 0.15) is 33.6 Å². The second-order valence-corrected chi connectivity index (χ2v) is 6.49. The van der Waals surface area contributed by atoms with E-state index in [4.69, 9.17) is 5.73 Å². The number of ketones is 1. The standard InChI is InChI=1S/C19H18FN3O4/c20-15-6-3-12(4-7-15)18(24)14-2-1-9-22(11-14)19(25)13-5-8-16(21)17(10-13)23(26)27/h3-8,10,14H,1-2,9,11,21H2. The van der Waals surface area contributed by atoms with Gasteiger partial charge in [-0.15, -0.1) is 0 Å². The van der Waals surface area contributed by atoms with Crippen LogP contribution in [-0.2, 0) is 0 Å². The number of anilines is 1. The van der Waals surface area contributed by atoms with E-state index in [-0.39, 0.29) is 35.2 Å². The number of nitrogen functional groups attached to an aromatic ring is 1. The highest BCUT2D eigenvalue weighted by molar-refractivity contribution is 5.99. The molecule has 1 heterocycles. The molecule has 1 unspecified atom stereocenters. The Kier molecular flexibility index (Phi) is 5.16. The second-order valence-electron chi connectivity index (χ2n) is 6.49. The molecule has 2 N–H and O–H groups in total. The van der Waals surface area contributed by atoms with Crippen molar-refractivity contribution in [1.82, 2.24) is 4.90 Å². The van der Waals surface area contributed by atoms with Crippen LogP contribution in [-0.4, -0.2) is 34.6 Å². The Hall–Kier alpha value is -3.29. The SMILES string of the molecule is Nc1ccc(C(=O)N2CCCC(C(=O)c3ccc(F)cc3)C2)cc1[N+](=O)[O-]. The molecule has 1 aliphatic rings. The van der Waals surface area contributed by atoms with E-state index in [2.05, 4.69) is 0 Å². The van der Waals surface area contributed by atoms with Crippen LogP contribution < -0.4 is 5.73 Å². The van der Waals surface area contributed by atoms with E-state index in [1.54, 1.807) is 0 Å². The lowest BCUT2D eigenvalue weighted by molar-refractivity contribution is -0.383. The van der Waals surface area contributed by atoms with E-state index in [0.29, 0.717) is 24.9 Å². The molecule has 8 heteroatoms. The number of rotatable bonds is 4. The van der Waals surface area contributed by atoms with Crippen LogP contribution in [0.4, 0.5) is 15.8 Å². The summed E-state index contributed by atoms with van der Waals surface area (Å²) in [6.07, 6.45) is 1.27. The topological polar surface area (TPSA) is 107 Å². The number of carbonyl (C=O) groups excluding carboxylic acids is 2. The number of nitro groups is 1. The molecular weight excluding hydrogens is 353 g/mol. The lowest BCUT2D eigenvalue weighted by Gasteiger charge is -2.32. The van der Waals surface area contributed by atoms with Crippen molar-refractivity contribution in [3.63, 3.8) is 0 Å². The third-order valence-electron chi connectivity index (χ3n) is 4.68. The summed E-state index contributed by atoms with van der Waals surface area (Å²) < 4.78 is 13.0. The van der Waals surface area contributed by atoms with Gasteiger partial charge in [-0.2, -0.15) is 0 Å². The summed E-state index contributed by atoms with van der Waals surface area (Å²) >= 11 is 0. The van der Waals surface area contributed by atoms with Crippen LogP contribution in [0.2, 0.25) is 0 Å². The molecule has 2 aromatic carbocycles. The van der Waals surface area contributed by atoms with Crippen molar-refractivity contribution < 1.29 is 18.9 Å². The second kappa shape index (κ2) is 7.53. The summed E-state index contributed by atoms with van der Waals surface area (Å²) in [5.74, 6) is -1.33. The molecule has 0 radical (unpaired) electrons. The van der Waals surface area contributed by atoms with Gasteiger partial charge in [0, 0.05) is 36.2 Å². The molecule has 140 valence electrons. The van der Waals surface area contributed by atoms with E-state index < -0.39 is 16.7 Å². The average Bonchev–Trinajstić information content (AvgIpc) is 2.67. The first kappa shape index (κ1) is 18.5. The minimum Gasteiger partial charge on any atom is -0.393 e. The molecule has 2 aromatic rings. The molecule has 0 spiro atoms. The molecule has 1 saturated heterocycles. The number of halogens is 1. The van der Waals surface area contributed by atoms with Gasteiger partial charge in [0.25, 0.3) is 11.6 Å². The Bertz CT molecular complexity index is 898. The number of carbonyl (C=O) groups is 2. The maximum absolute atomic E-state index is 13.0. The van der Waals surface area contributed by atoms with Gasteiger partial charge in [-0.3, -0.25) is 19.7 Å². The first-order valence-electron chi connectivity index (χ1n) is 8.50. The van der Waals surface area contributed by atoms with Crippen LogP contribution in [0, 0.1) is 21.8 Å². The fourth-order valence-corrected chi connectivity index (χ4v) is 3.24. The minimum atomic E-state index is -0.636. The van der Waals surface area contributed by atoms with Crippen LogP contribution >= 0.6 is 0 Å². The zero-order valence-electron chi connectivity index (χ0n) is 14.4. The largest absolute Gasteiger partial charge is 0.393 e. The monoisotopic (exact) mass is 371 g/mol. The summed E-state index contributed by atoms with van der Waals surface area (Å²) in [4.78, 5) is 37.3. The van der Waals surface area contributed by atoms with E-state index in [0.717, 1.165) is 6.07 Å². The maximum Gasteiger partial charge on any atom is 0.292 e. The van der Waals surface area contributed by atoms with E-state index in [1.165, 1.54) is 41.3 Å². The van der Waals surface area contributed by atoms with Gasteiger partial charge in [-0.25, -0.2) is 4.39 Å². The number of benzene rings is 2. The lowest BCUT2D eigenvalue weighted by atomic mass is 9.89. The van der Waals surface area contributed by atoms with Gasteiger partial charge in [0.15, 0.2) is 5.78 Å². The van der Waals surface area contributed by atoms with Gasteiger partial charge >= 0.3 is 0 Å². The van der Waals surface area contributed by atoms with Crippen molar-refractivity contribution in [2.75, 3.05) is 18.8 Å². The first-order valence-corrected chi connectivity index (χ1v) is 8.50. The molecule has 1 amide bonds. The predicted molar refractivity (Wildman–Crippen MR) is 96.9 cm³/mol. The molecule has 3 rings (SSSR count). The summed E-state index contributed by atoms with van der Waals surface area (Å²) in [5.41, 5.74) is 5.79. The number of nitrogens with zero attached hydrogens (tertiary/aromatic N) is 2. The van der Waals surface area contributed by atoms with Crippen molar-refractivity contribution in [3.8, 4) is 0 Å². The van der Waals surface area contributed by atoms with Crippen molar-refractivity contribution in [2.45, 2.75) is 12.8 Å². The molecular formula is C19H18FN3O4. The van der Waals surface area contributed by atoms with Crippen molar-refractivity contribution in [1.29, 1.82) is 0 Å². The molecule has 0 saturated carbocycles. The van der Waals surface area contributed by atoms with E-state index >= 15 is 0 Å². The van der Waals surface area contributed by atoms with E-state index in [9.17, 15) is 24.1 Å². The van der Waals surface area contributed by atoms with Crippen LogP contribution in [0.3, 0.4) is 0 Å². The summed E-state index contributed by atoms with van der Waals surface area (Å²) in [6, 6.07) is 9.25. The molecule has 0 aliphatic carbocycles. The van der Waals surface area contributed by atoms with Gasteiger partial charge in [-0.1, -0.05) is 0 Å². The smallest absolute Gasteiger partial charge is 0.292 e. The number of hydrogen-bond acceptors (Lipinski definition) is 5. The van der Waals surface area contributed by atoms with Gasteiger partial charge < -0.3 is 10.6 Å². The van der Waals surface area contributed by atoms with Gasteiger partial charge in [0.05, 0.1) is 4.92 Å². The Morgan fingerprint density at radius 1 is 1.15 bits per heavy atom. The Morgan fingerprint density at radius 3 is 2.48 bits per heavy atom. The quantitative estimate of drug-likeness (QED) is 0.385. The van der Waals surface area contributed by atoms with Crippen molar-refractivity contribution in [3.05, 3.63) is 69.5 Å². The van der Waals surface area contributed by atoms with Crippen molar-refractivity contribution in [2.24, 2.45) is 5.92 Å². The number of amides is 1. The number of likely N-dealkylation sites (tertiary alicyclic amines) is 1. The lowest BCUT2D eigenvalue weighted by Crippen LogP contribution is -2.42. The Labute approximate surface area is 154 Å². The number of hydrogen-bond donors (Lipinski definition) is 1. The van der Waals surface area contributed by atoms with Gasteiger partial charge in [-0.05, 0) is 49.2 Å². The fourth-order valence-electron chi connectivity index (χ4n) is 3.24. The summed E-state index contributed by atoms with van der Waals surface area (Å²) in [5, 5.41) is 11.0. The third-order valence-corrected chi connectivity index (χ3v) is 4.68. The number of nitro benzene ring substituents is 1. The van der Waals surface area contributed by atoms with Crippen molar-refractivity contribution >= 4 is 23.1 Å². The molecule has 0 aromatic heterocycles. The normalized spacial score (nSPS) is 16.8. The van der Waals surface area contributed by atoms with Crippen LogP contribution in [0.15, 0.2) is 42.5 Å². The fraction of sp³-hybridized carbons (Fsp3) is 0.263. The minimum absolute atomic E-state index is 0.0143. The number of Topliss-reactive ketones (excluding diaryl/α,β-unsaturated/α-hetero) is 1. The predicted octanol–water partition coefficient (Wildman–Crippen LogP) is 3.05. The summed E-state index contributed by atoms with van der Waals surface area (Å²) in [6.45, 7) is 0.678. The average molecular weight is 371 g/mol. The Morgan fingerprint density at radius 2 is 1.81 bits per heavy atom. The van der Waals surface area contributed by atoms with E-state index in [1.807, 2.05) is 0 Å². The van der Waals surface area contributed by atoms with Crippen LogP contribution in [0.25, 0.3) is 0 Å². The molecule has 1 atom stereocenters. The zero-order chi connectivity index (χ0) is 19.6. The highest BCUT2D eigenvalue weighted by Gasteiger charge is 2.30. The molecule has 7 nitrogen and oxygen atoms in total. The molecule has 1 fully saturated rings. The molecule has 0 bridgehead atoms. The van der Waals surface area contributed by atoms with Gasteiger partial charge in [0.1, 0.15) is 11.5 Å². The highest BCUT2D eigenvalue weighted by atomic mass is 19.1. The number of nitrogens with two attached hydrogens (primary N) is 1. The van der Waals surface area contributed by atoms with Gasteiger partial charge in [0.2, 0.25) is 0 Å². The highest BCUT2D eigenvalue weighted by Crippen LogP contribution is 2.26. The summed E-state index contributed by atoms with van der Waals surface area (Å²) in [7, 11) is 0. The Balaban J connectivity index is 1.77. The first-order chi connectivity index (χ1) is 12.9. The molecule has 27 heavy (non-hydrogen) atoms. The number of piperidine rings is 1. The van der Waals surface area contributed by atoms with Crippen LogP contribution in [0.5, 0.6) is 0 Å². The molecule has 1 aliphatic heterocycles. The zero-order valence-corrected chi connectivity index (χ0v) is 14.4.